The highest BCUT2D eigenvalue weighted by Crippen LogP contribution is 2.27. The van der Waals surface area contributed by atoms with Gasteiger partial charge in [-0.05, 0) is 25.0 Å². The van der Waals surface area contributed by atoms with Gasteiger partial charge in [-0.2, -0.15) is 8.75 Å². The Labute approximate surface area is 103 Å². The molecule has 1 aliphatic rings. The Morgan fingerprint density at radius 1 is 1.29 bits per heavy atom. The molecular formula is C12H13N3OS. The Balaban J connectivity index is 1.84. The van der Waals surface area contributed by atoms with Crippen LogP contribution in [0.3, 0.4) is 0 Å². The predicted octanol–water partition coefficient (Wildman–Crippen LogP) is 2.82. The number of aromatic nitrogens is 2. The third-order valence-corrected chi connectivity index (χ3v) is 3.81. The number of hydrogen-bond donors (Lipinski definition) is 1. The molecule has 1 aromatic carbocycles. The van der Waals surface area contributed by atoms with Gasteiger partial charge in [0.05, 0.1) is 17.4 Å². The van der Waals surface area contributed by atoms with E-state index < -0.39 is 0 Å². The maximum atomic E-state index is 12.0. The first-order chi connectivity index (χ1) is 8.34. The molecule has 88 valence electrons. The van der Waals surface area contributed by atoms with Crippen molar-refractivity contribution in [2.75, 3.05) is 5.32 Å². The smallest absolute Gasteiger partial charge is 0.227 e. The predicted molar refractivity (Wildman–Crippen MR) is 68.0 cm³/mol. The summed E-state index contributed by atoms with van der Waals surface area (Å²) in [7, 11) is 0. The molecule has 1 N–H and O–H groups in total. The molecule has 3 rings (SSSR count). The van der Waals surface area contributed by atoms with E-state index in [1.165, 1.54) is 24.6 Å². The monoisotopic (exact) mass is 247 g/mol. The highest BCUT2D eigenvalue weighted by molar-refractivity contribution is 7.00. The topological polar surface area (TPSA) is 54.9 Å². The molecule has 1 amide bonds. The first-order valence-electron chi connectivity index (χ1n) is 5.87. The number of nitrogens with one attached hydrogen (secondary N) is 1. The van der Waals surface area contributed by atoms with Crippen LogP contribution in [-0.2, 0) is 4.79 Å². The number of carbonyl (C=O) groups excluding carboxylic acids is 1. The van der Waals surface area contributed by atoms with Gasteiger partial charge in [-0.3, -0.25) is 4.79 Å². The molecular weight excluding hydrogens is 234 g/mol. The number of amides is 1. The second kappa shape index (κ2) is 4.41. The van der Waals surface area contributed by atoms with Gasteiger partial charge < -0.3 is 5.32 Å². The van der Waals surface area contributed by atoms with Crippen LogP contribution in [0, 0.1) is 5.92 Å². The second-order valence-electron chi connectivity index (χ2n) is 4.41. The van der Waals surface area contributed by atoms with Crippen molar-refractivity contribution < 1.29 is 4.79 Å². The van der Waals surface area contributed by atoms with Gasteiger partial charge in [-0.1, -0.05) is 18.9 Å². The van der Waals surface area contributed by atoms with Crippen molar-refractivity contribution in [3.05, 3.63) is 18.2 Å². The molecule has 4 nitrogen and oxygen atoms in total. The van der Waals surface area contributed by atoms with Gasteiger partial charge in [-0.25, -0.2) is 0 Å². The minimum Gasteiger partial charge on any atom is -0.324 e. The van der Waals surface area contributed by atoms with Crippen LogP contribution in [0.1, 0.15) is 25.7 Å². The molecule has 5 heteroatoms. The third-order valence-electron chi connectivity index (χ3n) is 3.27. The standard InChI is InChI=1S/C12H13N3OS/c16-12(8-4-1-2-5-8)13-9-6-3-7-10-11(9)15-17-14-10/h3,6-8H,1-2,4-5H2,(H,13,16). The van der Waals surface area contributed by atoms with Gasteiger partial charge in [0.15, 0.2) is 0 Å². The Morgan fingerprint density at radius 3 is 2.94 bits per heavy atom. The first kappa shape index (κ1) is 10.7. The molecule has 1 heterocycles. The maximum Gasteiger partial charge on any atom is 0.227 e. The number of anilines is 1. The zero-order valence-corrected chi connectivity index (χ0v) is 10.2. The lowest BCUT2D eigenvalue weighted by Gasteiger charge is -2.10. The highest BCUT2D eigenvalue weighted by atomic mass is 32.1. The van der Waals surface area contributed by atoms with E-state index in [-0.39, 0.29) is 11.8 Å². The Morgan fingerprint density at radius 2 is 2.12 bits per heavy atom. The van der Waals surface area contributed by atoms with Crippen LogP contribution >= 0.6 is 11.7 Å². The normalized spacial score (nSPS) is 16.5. The molecule has 17 heavy (non-hydrogen) atoms. The summed E-state index contributed by atoms with van der Waals surface area (Å²) in [6.45, 7) is 0. The summed E-state index contributed by atoms with van der Waals surface area (Å²) in [5, 5.41) is 2.98. The molecule has 0 spiro atoms. The molecule has 0 saturated heterocycles. The largest absolute Gasteiger partial charge is 0.324 e. The zero-order valence-electron chi connectivity index (χ0n) is 9.35. The van der Waals surface area contributed by atoms with Gasteiger partial charge in [-0.15, -0.1) is 0 Å². The number of hydrogen-bond acceptors (Lipinski definition) is 4. The van der Waals surface area contributed by atoms with Crippen LogP contribution in [0.4, 0.5) is 5.69 Å². The van der Waals surface area contributed by atoms with Crippen LogP contribution in [-0.4, -0.2) is 14.7 Å². The molecule has 1 saturated carbocycles. The fraction of sp³-hybridized carbons (Fsp3) is 0.417. The summed E-state index contributed by atoms with van der Waals surface area (Å²) in [5.74, 6) is 0.305. The molecule has 1 aliphatic carbocycles. The Bertz CT molecular complexity index is 545. The van der Waals surface area contributed by atoms with E-state index in [1.54, 1.807) is 0 Å². The summed E-state index contributed by atoms with van der Waals surface area (Å²) < 4.78 is 8.38. The average Bonchev–Trinajstić information content (AvgIpc) is 3.00. The fourth-order valence-corrected chi connectivity index (χ4v) is 2.88. The van der Waals surface area contributed by atoms with Crippen LogP contribution in [0.2, 0.25) is 0 Å². The van der Waals surface area contributed by atoms with Crippen LogP contribution in [0.25, 0.3) is 11.0 Å². The molecule has 0 unspecified atom stereocenters. The van der Waals surface area contributed by atoms with E-state index in [9.17, 15) is 4.79 Å². The van der Waals surface area contributed by atoms with Gasteiger partial charge in [0.2, 0.25) is 5.91 Å². The highest BCUT2D eigenvalue weighted by Gasteiger charge is 2.23. The van der Waals surface area contributed by atoms with Crippen molar-refractivity contribution in [3.8, 4) is 0 Å². The number of fused-ring (bicyclic) bond motifs is 1. The van der Waals surface area contributed by atoms with Gasteiger partial charge in [0.25, 0.3) is 0 Å². The summed E-state index contributed by atoms with van der Waals surface area (Å²) in [6, 6.07) is 5.69. The molecule has 0 bridgehead atoms. The summed E-state index contributed by atoms with van der Waals surface area (Å²) in [6.07, 6.45) is 4.36. The number of rotatable bonds is 2. The van der Waals surface area contributed by atoms with Gasteiger partial charge in [0, 0.05) is 5.92 Å². The maximum absolute atomic E-state index is 12.0. The van der Waals surface area contributed by atoms with E-state index in [2.05, 4.69) is 14.1 Å². The zero-order chi connectivity index (χ0) is 11.7. The summed E-state index contributed by atoms with van der Waals surface area (Å²) in [5.41, 5.74) is 2.43. The fourth-order valence-electron chi connectivity index (χ4n) is 2.33. The van der Waals surface area contributed by atoms with Crippen molar-refractivity contribution in [2.45, 2.75) is 25.7 Å². The van der Waals surface area contributed by atoms with E-state index in [1.807, 2.05) is 18.2 Å². The summed E-state index contributed by atoms with van der Waals surface area (Å²) in [4.78, 5) is 12.0. The molecule has 0 aliphatic heterocycles. The Hall–Kier alpha value is -1.49. The molecule has 1 fully saturated rings. The SMILES string of the molecule is O=C(Nc1cccc2nsnc12)C1CCCC1. The van der Waals surface area contributed by atoms with Crippen LogP contribution in [0.5, 0.6) is 0 Å². The number of benzene rings is 1. The minimum atomic E-state index is 0.128. The minimum absolute atomic E-state index is 0.128. The number of nitrogens with zero attached hydrogens (tertiary/aromatic N) is 2. The molecule has 0 radical (unpaired) electrons. The van der Waals surface area contributed by atoms with Gasteiger partial charge >= 0.3 is 0 Å². The van der Waals surface area contributed by atoms with Gasteiger partial charge in [0.1, 0.15) is 11.0 Å². The van der Waals surface area contributed by atoms with E-state index in [0.29, 0.717) is 0 Å². The van der Waals surface area contributed by atoms with E-state index in [0.717, 1.165) is 29.6 Å². The van der Waals surface area contributed by atoms with Crippen molar-refractivity contribution in [2.24, 2.45) is 5.92 Å². The number of carbonyl (C=O) groups is 1. The van der Waals surface area contributed by atoms with Crippen molar-refractivity contribution in [1.29, 1.82) is 0 Å². The lowest BCUT2D eigenvalue weighted by atomic mass is 10.1. The summed E-state index contributed by atoms with van der Waals surface area (Å²) >= 11 is 1.18. The molecule has 2 aromatic rings. The molecule has 0 atom stereocenters. The average molecular weight is 247 g/mol. The van der Waals surface area contributed by atoms with E-state index in [4.69, 9.17) is 0 Å². The van der Waals surface area contributed by atoms with Crippen molar-refractivity contribution in [3.63, 3.8) is 0 Å². The lowest BCUT2D eigenvalue weighted by molar-refractivity contribution is -0.119. The quantitative estimate of drug-likeness (QED) is 0.887. The van der Waals surface area contributed by atoms with Crippen molar-refractivity contribution >= 4 is 34.4 Å². The second-order valence-corrected chi connectivity index (χ2v) is 4.94. The van der Waals surface area contributed by atoms with Crippen molar-refractivity contribution in [1.82, 2.24) is 8.75 Å². The third kappa shape index (κ3) is 2.02. The van der Waals surface area contributed by atoms with Crippen LogP contribution < -0.4 is 5.32 Å². The first-order valence-corrected chi connectivity index (χ1v) is 6.60. The Kier molecular flexibility index (Phi) is 2.76. The molecule has 1 aromatic heterocycles. The van der Waals surface area contributed by atoms with Crippen LogP contribution in [0.15, 0.2) is 18.2 Å². The lowest BCUT2D eigenvalue weighted by Crippen LogP contribution is -2.20. The van der Waals surface area contributed by atoms with E-state index >= 15 is 0 Å².